The van der Waals surface area contributed by atoms with Gasteiger partial charge in [-0.05, 0) is 38.8 Å². The number of rotatable bonds is 5. The monoisotopic (exact) mass is 444 g/mol. The normalized spacial score (nSPS) is 21.8. The number of methoxy groups -OCH3 is 1. The lowest BCUT2D eigenvalue weighted by atomic mass is 9.95. The van der Waals surface area contributed by atoms with Gasteiger partial charge in [0.05, 0.1) is 26.9 Å². The van der Waals surface area contributed by atoms with Crippen LogP contribution in [0.3, 0.4) is 0 Å². The lowest BCUT2D eigenvalue weighted by molar-refractivity contribution is -0.140. The highest BCUT2D eigenvalue weighted by atomic mass is 16.5. The summed E-state index contributed by atoms with van der Waals surface area (Å²) in [5, 5.41) is 3.42. The summed E-state index contributed by atoms with van der Waals surface area (Å²) in [6.07, 6.45) is 2.83. The number of guanidine groups is 1. The Kier molecular flexibility index (Phi) is 7.40. The number of hydrogen-bond acceptors (Lipinski definition) is 5. The van der Waals surface area contributed by atoms with Gasteiger partial charge in [-0.15, -0.1) is 0 Å². The van der Waals surface area contributed by atoms with Crippen LogP contribution in [-0.4, -0.2) is 80.8 Å². The molecule has 1 unspecified atom stereocenters. The molecule has 3 aliphatic rings. The van der Waals surface area contributed by atoms with Crippen LogP contribution in [0.4, 0.5) is 0 Å². The molecule has 0 aliphatic carbocycles. The quantitative estimate of drug-likeness (QED) is 0.554. The Balaban J connectivity index is 1.40. The van der Waals surface area contributed by atoms with E-state index in [-0.39, 0.29) is 17.9 Å². The fraction of sp³-hybridized carbons (Fsp3) is 0.667. The molecule has 0 aromatic heterocycles. The van der Waals surface area contributed by atoms with Crippen LogP contribution < -0.4 is 14.8 Å². The highest BCUT2D eigenvalue weighted by Gasteiger charge is 2.30. The number of morpholine rings is 1. The van der Waals surface area contributed by atoms with Crippen LogP contribution in [0, 0.1) is 5.92 Å². The molecule has 8 heteroatoms. The van der Waals surface area contributed by atoms with Crippen LogP contribution in [-0.2, 0) is 22.5 Å². The number of nitrogens with zero attached hydrogens (tertiary/aromatic N) is 3. The zero-order chi connectivity index (χ0) is 22.5. The second-order valence-electron chi connectivity index (χ2n) is 8.77. The van der Waals surface area contributed by atoms with Gasteiger partial charge in [0.1, 0.15) is 17.6 Å². The lowest BCUT2D eigenvalue weighted by Gasteiger charge is -2.36. The third-order valence-corrected chi connectivity index (χ3v) is 6.50. The number of ether oxygens (including phenoxy) is 3. The van der Waals surface area contributed by atoms with E-state index in [2.05, 4.69) is 36.2 Å². The van der Waals surface area contributed by atoms with Crippen LogP contribution in [0.1, 0.15) is 37.8 Å². The zero-order valence-electron chi connectivity index (χ0n) is 19.6. The topological polar surface area (TPSA) is 75.6 Å². The highest BCUT2D eigenvalue weighted by Crippen LogP contribution is 2.35. The number of nitrogens with one attached hydrogen (secondary N) is 1. The van der Waals surface area contributed by atoms with Gasteiger partial charge in [-0.2, -0.15) is 0 Å². The Morgan fingerprint density at radius 1 is 1.19 bits per heavy atom. The van der Waals surface area contributed by atoms with Gasteiger partial charge in [0.15, 0.2) is 5.96 Å². The summed E-state index contributed by atoms with van der Waals surface area (Å²) in [4.78, 5) is 22.0. The van der Waals surface area contributed by atoms with E-state index in [1.807, 2.05) is 4.90 Å². The van der Waals surface area contributed by atoms with E-state index in [1.165, 1.54) is 5.56 Å². The first kappa shape index (κ1) is 22.7. The number of hydrogen-bond donors (Lipinski definition) is 1. The molecule has 0 saturated carbocycles. The Morgan fingerprint density at radius 2 is 1.94 bits per heavy atom. The summed E-state index contributed by atoms with van der Waals surface area (Å²) in [5.41, 5.74) is 2.22. The van der Waals surface area contributed by atoms with E-state index in [1.54, 1.807) is 7.11 Å². The molecule has 32 heavy (non-hydrogen) atoms. The van der Waals surface area contributed by atoms with Crippen molar-refractivity contribution in [3.8, 4) is 11.5 Å². The summed E-state index contributed by atoms with van der Waals surface area (Å²) in [6, 6.07) is 4.15. The summed E-state index contributed by atoms with van der Waals surface area (Å²) in [7, 11) is 1.70. The van der Waals surface area contributed by atoms with Crippen LogP contribution in [0.5, 0.6) is 11.5 Å². The maximum absolute atomic E-state index is 12.8. The third-order valence-electron chi connectivity index (χ3n) is 6.50. The predicted molar refractivity (Wildman–Crippen MR) is 123 cm³/mol. The molecule has 1 aromatic rings. The van der Waals surface area contributed by atoms with Crippen molar-refractivity contribution >= 4 is 11.9 Å². The fourth-order valence-electron chi connectivity index (χ4n) is 4.76. The Morgan fingerprint density at radius 3 is 2.62 bits per heavy atom. The largest absolute Gasteiger partial charge is 0.496 e. The standard InChI is InChI=1S/C24H36N4O4/c1-4-25-24(26-16-20-15-22-19(13-17(2)32-22)14-21(20)30-3)28-7-5-18(6-8-28)23(29)27-9-11-31-12-10-27/h14-15,17-18H,4-13,16H2,1-3H3,(H,25,26). The van der Waals surface area contributed by atoms with E-state index in [0.717, 1.165) is 61.9 Å². The molecular formula is C24H36N4O4. The van der Waals surface area contributed by atoms with Gasteiger partial charge in [0.25, 0.3) is 0 Å². The second-order valence-corrected chi connectivity index (χ2v) is 8.77. The van der Waals surface area contributed by atoms with E-state index < -0.39 is 0 Å². The molecule has 8 nitrogen and oxygen atoms in total. The van der Waals surface area contributed by atoms with Gasteiger partial charge in [0.2, 0.25) is 5.91 Å². The number of benzene rings is 1. The molecule has 1 N–H and O–H groups in total. The first-order chi connectivity index (χ1) is 15.6. The van der Waals surface area contributed by atoms with Gasteiger partial charge in [0, 0.05) is 56.2 Å². The predicted octanol–water partition coefficient (Wildman–Crippen LogP) is 2.05. The Bertz CT molecular complexity index is 830. The molecule has 1 amide bonds. The minimum Gasteiger partial charge on any atom is -0.496 e. The highest BCUT2D eigenvalue weighted by molar-refractivity contribution is 5.82. The third kappa shape index (κ3) is 5.11. The van der Waals surface area contributed by atoms with Gasteiger partial charge in [-0.1, -0.05) is 0 Å². The minimum atomic E-state index is 0.100. The molecule has 2 saturated heterocycles. The maximum atomic E-state index is 12.8. The number of amides is 1. The molecule has 0 spiro atoms. The van der Waals surface area contributed by atoms with Crippen LogP contribution in [0.2, 0.25) is 0 Å². The molecule has 3 heterocycles. The number of fused-ring (bicyclic) bond motifs is 1. The number of carbonyl (C=O) groups is 1. The van der Waals surface area contributed by atoms with Crippen LogP contribution in [0.25, 0.3) is 0 Å². The summed E-state index contributed by atoms with van der Waals surface area (Å²) in [6.45, 7) is 9.87. The second kappa shape index (κ2) is 10.4. The molecule has 2 fully saturated rings. The molecule has 4 rings (SSSR count). The van der Waals surface area contributed by atoms with Crippen molar-refractivity contribution in [2.24, 2.45) is 10.9 Å². The average Bonchev–Trinajstić information content (AvgIpc) is 3.20. The number of carbonyl (C=O) groups excluding carboxylic acids is 1. The number of likely N-dealkylation sites (tertiary alicyclic amines) is 1. The summed E-state index contributed by atoms with van der Waals surface area (Å²) < 4.78 is 16.9. The molecule has 1 aromatic carbocycles. The molecule has 0 radical (unpaired) electrons. The summed E-state index contributed by atoms with van der Waals surface area (Å²) in [5.74, 6) is 3.07. The number of piperidine rings is 1. The van der Waals surface area contributed by atoms with E-state index >= 15 is 0 Å². The van der Waals surface area contributed by atoms with E-state index in [0.29, 0.717) is 32.8 Å². The van der Waals surface area contributed by atoms with Crippen molar-refractivity contribution in [3.63, 3.8) is 0 Å². The Labute approximate surface area is 190 Å². The molecule has 3 aliphatic heterocycles. The van der Waals surface area contributed by atoms with Crippen LogP contribution >= 0.6 is 0 Å². The SMILES string of the molecule is CCNC(=NCc1cc2c(cc1OC)CC(C)O2)N1CCC(C(=O)N2CCOCC2)CC1. The average molecular weight is 445 g/mol. The van der Waals surface area contributed by atoms with Crippen molar-refractivity contribution in [1.82, 2.24) is 15.1 Å². The number of aliphatic imine (C=N–C) groups is 1. The van der Waals surface area contributed by atoms with Crippen molar-refractivity contribution in [2.75, 3.05) is 53.0 Å². The van der Waals surface area contributed by atoms with Gasteiger partial charge in [-0.3, -0.25) is 4.79 Å². The fourth-order valence-corrected chi connectivity index (χ4v) is 4.76. The molecular weight excluding hydrogens is 408 g/mol. The van der Waals surface area contributed by atoms with Crippen molar-refractivity contribution in [1.29, 1.82) is 0 Å². The first-order valence-corrected chi connectivity index (χ1v) is 11.8. The lowest BCUT2D eigenvalue weighted by Crippen LogP contribution is -2.50. The molecule has 0 bridgehead atoms. The van der Waals surface area contributed by atoms with Gasteiger partial charge in [-0.25, -0.2) is 4.99 Å². The summed E-state index contributed by atoms with van der Waals surface area (Å²) >= 11 is 0. The molecule has 176 valence electrons. The first-order valence-electron chi connectivity index (χ1n) is 11.8. The van der Waals surface area contributed by atoms with Gasteiger partial charge < -0.3 is 29.3 Å². The zero-order valence-corrected chi connectivity index (χ0v) is 19.6. The van der Waals surface area contributed by atoms with E-state index in [9.17, 15) is 4.79 Å². The maximum Gasteiger partial charge on any atom is 0.225 e. The van der Waals surface area contributed by atoms with Crippen LogP contribution in [0.15, 0.2) is 17.1 Å². The Hall–Kier alpha value is -2.48. The van der Waals surface area contributed by atoms with Gasteiger partial charge >= 0.3 is 0 Å². The van der Waals surface area contributed by atoms with Crippen molar-refractivity contribution in [2.45, 2.75) is 45.8 Å². The van der Waals surface area contributed by atoms with Crippen molar-refractivity contribution < 1.29 is 19.0 Å². The smallest absolute Gasteiger partial charge is 0.225 e. The van der Waals surface area contributed by atoms with Crippen molar-refractivity contribution in [3.05, 3.63) is 23.3 Å². The molecule has 1 atom stereocenters. The van der Waals surface area contributed by atoms with E-state index in [4.69, 9.17) is 19.2 Å². The minimum absolute atomic E-state index is 0.100.